The van der Waals surface area contributed by atoms with E-state index < -0.39 is 40.6 Å². The summed E-state index contributed by atoms with van der Waals surface area (Å²) in [5.41, 5.74) is 3.82. The lowest BCUT2D eigenvalue weighted by atomic mass is 9.75. The number of amides is 1. The first-order valence-electron chi connectivity index (χ1n) is 8.75. The molecular weight excluding hydrogens is 376 g/mol. The second kappa shape index (κ2) is 7.10. The summed E-state index contributed by atoms with van der Waals surface area (Å²) < 4.78 is 35.0. The number of fused-ring (bicyclic) bond motifs is 1. The number of hydrogen-bond donors (Lipinski definition) is 3. The van der Waals surface area contributed by atoms with Crippen molar-refractivity contribution in [2.45, 2.75) is 43.5 Å². The molecule has 0 aliphatic carbocycles. The van der Waals surface area contributed by atoms with Crippen LogP contribution in [-0.4, -0.2) is 52.3 Å². The molecule has 0 aromatic heterocycles. The van der Waals surface area contributed by atoms with Gasteiger partial charge in [-0.2, -0.15) is 0 Å². The highest BCUT2D eigenvalue weighted by atomic mass is 32.2. The van der Waals surface area contributed by atoms with Crippen molar-refractivity contribution in [3.8, 4) is 0 Å². The number of benzene rings is 1. The second-order valence-corrected chi connectivity index (χ2v) is 9.11. The van der Waals surface area contributed by atoms with Gasteiger partial charge in [-0.25, -0.2) is 13.6 Å². The normalized spacial score (nSPS) is 31.2. The minimum atomic E-state index is -1.30. The molecule has 150 valence electrons. The van der Waals surface area contributed by atoms with Crippen LogP contribution in [0.15, 0.2) is 18.2 Å². The predicted octanol–water partition coefficient (Wildman–Crippen LogP) is 2.99. The minimum absolute atomic E-state index is 0.0348. The van der Waals surface area contributed by atoms with Crippen molar-refractivity contribution >= 4 is 23.5 Å². The first-order chi connectivity index (χ1) is 12.6. The number of anilines is 1. The van der Waals surface area contributed by atoms with E-state index in [0.29, 0.717) is 11.4 Å². The largest absolute Gasteiger partial charge is 0.465 e. The van der Waals surface area contributed by atoms with Crippen molar-refractivity contribution in [3.63, 3.8) is 0 Å². The molecule has 1 unspecified atom stereocenters. The van der Waals surface area contributed by atoms with E-state index in [2.05, 4.69) is 5.32 Å². The topological polar surface area (TPSA) is 87.8 Å². The Morgan fingerprint density at radius 2 is 2.19 bits per heavy atom. The zero-order valence-corrected chi connectivity index (χ0v) is 16.4. The lowest BCUT2D eigenvalue weighted by Crippen LogP contribution is -2.69. The Morgan fingerprint density at radius 1 is 1.48 bits per heavy atom. The summed E-state index contributed by atoms with van der Waals surface area (Å²) in [4.78, 5) is 13.2. The molecule has 0 spiro atoms. The molecule has 2 aliphatic heterocycles. The Hall–Kier alpha value is -1.58. The summed E-state index contributed by atoms with van der Waals surface area (Å²) in [6.07, 6.45) is -2.41. The van der Waals surface area contributed by atoms with Crippen molar-refractivity contribution in [3.05, 3.63) is 29.6 Å². The first-order valence-corrected chi connectivity index (χ1v) is 9.80. The Bertz CT molecular complexity index is 730. The Morgan fingerprint density at radius 3 is 2.81 bits per heavy atom. The van der Waals surface area contributed by atoms with Crippen molar-refractivity contribution < 1.29 is 23.4 Å². The number of thioether (sulfide) groups is 1. The van der Waals surface area contributed by atoms with Crippen molar-refractivity contribution in [1.29, 1.82) is 0 Å². The highest BCUT2D eigenvalue weighted by molar-refractivity contribution is 7.99. The van der Waals surface area contributed by atoms with Crippen LogP contribution in [0.1, 0.15) is 26.3 Å². The van der Waals surface area contributed by atoms with Crippen LogP contribution in [0, 0.1) is 11.7 Å². The number of nitrogen functional groups attached to an aromatic ring is 1. The summed E-state index contributed by atoms with van der Waals surface area (Å²) in [5.74, 6) is -0.766. The van der Waals surface area contributed by atoms with Gasteiger partial charge < -0.3 is 15.6 Å². The van der Waals surface area contributed by atoms with Crippen LogP contribution in [0.3, 0.4) is 0 Å². The van der Waals surface area contributed by atoms with Gasteiger partial charge in [-0.3, -0.25) is 10.2 Å². The summed E-state index contributed by atoms with van der Waals surface area (Å²) in [7, 11) is 0. The van der Waals surface area contributed by atoms with E-state index in [1.54, 1.807) is 20.8 Å². The van der Waals surface area contributed by atoms with E-state index >= 15 is 0 Å². The van der Waals surface area contributed by atoms with Gasteiger partial charge in [0, 0.05) is 28.5 Å². The number of nitrogens with two attached hydrogens (primary N) is 1. The maximum atomic E-state index is 14.8. The fourth-order valence-electron chi connectivity index (χ4n) is 3.83. The number of hydrogen-bond acceptors (Lipinski definition) is 5. The third kappa shape index (κ3) is 3.60. The number of ether oxygens (including phenoxy) is 1. The lowest BCUT2D eigenvalue weighted by Gasteiger charge is -2.54. The minimum Gasteiger partial charge on any atom is -0.465 e. The monoisotopic (exact) mass is 401 g/mol. The Labute approximate surface area is 161 Å². The van der Waals surface area contributed by atoms with Gasteiger partial charge in [0.15, 0.2) is 0 Å². The van der Waals surface area contributed by atoms with Gasteiger partial charge in [-0.15, -0.1) is 11.8 Å². The SMILES string of the molecule is CC(C)(C)N(C(=O)O)C1N[C@@]2(c3cc(N)ccc3F)COC[C@@H](F)[C@H]2CS1. The van der Waals surface area contributed by atoms with E-state index in [-0.39, 0.29) is 18.8 Å². The van der Waals surface area contributed by atoms with E-state index in [4.69, 9.17) is 10.5 Å². The van der Waals surface area contributed by atoms with Gasteiger partial charge in [-0.1, -0.05) is 0 Å². The van der Waals surface area contributed by atoms with Gasteiger partial charge in [0.1, 0.15) is 17.5 Å². The van der Waals surface area contributed by atoms with Crippen LogP contribution in [0.5, 0.6) is 0 Å². The smallest absolute Gasteiger partial charge is 0.409 e. The number of alkyl halides is 1. The molecule has 1 aromatic carbocycles. The van der Waals surface area contributed by atoms with Crippen LogP contribution in [0.2, 0.25) is 0 Å². The standard InChI is InChI=1S/C18H25F2N3O3S/c1-17(2,3)23(16(24)25)15-22-18(11-6-10(21)4-5-13(11)19)9-26-7-14(20)12(18)8-27-15/h4-6,12,14-15,22H,7-9,21H2,1-3H3,(H,24,25)/t12-,14-,15?,18-/m1/s1. The zero-order chi connectivity index (χ0) is 20.0. The quantitative estimate of drug-likeness (QED) is 0.661. The van der Waals surface area contributed by atoms with E-state index in [1.165, 1.54) is 34.9 Å². The van der Waals surface area contributed by atoms with Crippen molar-refractivity contribution in [1.82, 2.24) is 10.2 Å². The summed E-state index contributed by atoms with van der Waals surface area (Å²) >= 11 is 1.30. The molecule has 27 heavy (non-hydrogen) atoms. The summed E-state index contributed by atoms with van der Waals surface area (Å²) in [5, 5.41) is 13.0. The number of carboxylic acid groups (broad SMARTS) is 1. The van der Waals surface area contributed by atoms with E-state index in [9.17, 15) is 18.7 Å². The van der Waals surface area contributed by atoms with Crippen LogP contribution >= 0.6 is 11.8 Å². The molecule has 2 aliphatic rings. The molecule has 6 nitrogen and oxygen atoms in total. The average molecular weight is 401 g/mol. The molecule has 2 heterocycles. The molecule has 0 radical (unpaired) electrons. The summed E-state index contributed by atoms with van der Waals surface area (Å²) in [6, 6.07) is 4.16. The molecule has 3 rings (SSSR count). The summed E-state index contributed by atoms with van der Waals surface area (Å²) in [6.45, 7) is 5.30. The molecule has 4 N–H and O–H groups in total. The fourth-order valence-corrected chi connectivity index (χ4v) is 5.57. The molecule has 0 bridgehead atoms. The molecule has 1 amide bonds. The third-order valence-electron chi connectivity index (χ3n) is 5.13. The molecule has 0 saturated carbocycles. The van der Waals surface area contributed by atoms with Gasteiger partial charge in [0.25, 0.3) is 0 Å². The molecule has 9 heteroatoms. The number of rotatable bonds is 2. The lowest BCUT2D eigenvalue weighted by molar-refractivity contribution is -0.0813. The maximum absolute atomic E-state index is 14.8. The predicted molar refractivity (Wildman–Crippen MR) is 101 cm³/mol. The highest BCUT2D eigenvalue weighted by Crippen LogP contribution is 2.46. The molecule has 1 aromatic rings. The molecular formula is C18H25F2N3O3S. The van der Waals surface area contributed by atoms with Crippen LogP contribution in [-0.2, 0) is 10.3 Å². The third-order valence-corrected chi connectivity index (χ3v) is 6.32. The van der Waals surface area contributed by atoms with Crippen molar-refractivity contribution in [2.75, 3.05) is 24.7 Å². The Kier molecular flexibility index (Phi) is 5.31. The zero-order valence-electron chi connectivity index (χ0n) is 15.5. The van der Waals surface area contributed by atoms with Crippen LogP contribution in [0.4, 0.5) is 19.3 Å². The fraction of sp³-hybridized carbons (Fsp3) is 0.611. The van der Waals surface area contributed by atoms with Gasteiger partial charge in [-0.05, 0) is 39.0 Å². The average Bonchev–Trinajstić information content (AvgIpc) is 2.55. The first kappa shape index (κ1) is 20.2. The number of carbonyl (C=O) groups is 1. The Balaban J connectivity index is 2.08. The second-order valence-electron chi connectivity index (χ2n) is 8.00. The van der Waals surface area contributed by atoms with E-state index in [1.807, 2.05) is 0 Å². The van der Waals surface area contributed by atoms with Gasteiger partial charge in [0.05, 0.1) is 18.8 Å². The number of halogens is 2. The molecule has 2 fully saturated rings. The van der Waals surface area contributed by atoms with Gasteiger partial charge >= 0.3 is 6.09 Å². The number of nitrogens with one attached hydrogen (secondary N) is 1. The van der Waals surface area contributed by atoms with Crippen LogP contribution < -0.4 is 11.1 Å². The highest BCUT2D eigenvalue weighted by Gasteiger charge is 2.55. The maximum Gasteiger partial charge on any atom is 0.409 e. The van der Waals surface area contributed by atoms with E-state index in [0.717, 1.165) is 0 Å². The molecule has 2 saturated heterocycles. The van der Waals surface area contributed by atoms with Gasteiger partial charge in [0.2, 0.25) is 0 Å². The van der Waals surface area contributed by atoms with Crippen LogP contribution in [0.25, 0.3) is 0 Å². The molecule has 4 atom stereocenters. The number of nitrogens with zero attached hydrogens (tertiary/aromatic N) is 1. The van der Waals surface area contributed by atoms with Crippen molar-refractivity contribution in [2.24, 2.45) is 5.92 Å².